The van der Waals surface area contributed by atoms with Crippen LogP contribution in [0.5, 0.6) is 0 Å². The van der Waals surface area contributed by atoms with Crippen molar-refractivity contribution in [3.8, 4) is 27.9 Å². The van der Waals surface area contributed by atoms with Gasteiger partial charge in [-0.1, -0.05) is 200 Å². The summed E-state index contributed by atoms with van der Waals surface area (Å²) in [6, 6.07) is 90.7. The summed E-state index contributed by atoms with van der Waals surface area (Å²) < 4.78 is 2.43. The maximum atomic E-state index is 5.71. The van der Waals surface area contributed by atoms with E-state index in [1.807, 2.05) is 0 Å². The van der Waals surface area contributed by atoms with E-state index in [2.05, 4.69) is 265 Å². The van der Waals surface area contributed by atoms with E-state index in [1.165, 1.54) is 71.7 Å². The van der Waals surface area contributed by atoms with Gasteiger partial charge in [0.05, 0.1) is 22.4 Å². The Labute approximate surface area is 403 Å². The minimum atomic E-state index is 0.0861. The van der Waals surface area contributed by atoms with Crippen molar-refractivity contribution in [2.24, 2.45) is 0 Å². The van der Waals surface area contributed by atoms with Gasteiger partial charge >= 0.3 is 0 Å². The predicted molar refractivity (Wildman–Crippen MR) is 292 cm³/mol. The third-order valence-corrected chi connectivity index (χ3v) is 14.3. The van der Waals surface area contributed by atoms with E-state index in [1.54, 1.807) is 0 Å². The Balaban J connectivity index is 1.06. The van der Waals surface area contributed by atoms with E-state index in [-0.39, 0.29) is 5.92 Å². The molecule has 0 saturated heterocycles. The molecule has 0 aliphatic rings. The molecule has 0 fully saturated rings. The standard InChI is InChI=1S/C65H48N2S/c1-44-19-17-32-56(57(49-22-7-3-8-23-49)41-45-35-37-47(38-36-45)46-20-5-2-6-21-46)63(44)59-42-50-25-12-14-30-54(50)64(65(59)68)66(51-27-9-4-10-28-51)52-39-40-62-58(43-52)55-31-15-16-33-61(55)67(62)60-34-18-26-48-24-11-13-29-53(48)60/h2-40,42-43,57,68H,41H2,1H3. The normalized spacial score (nSPS) is 12.0. The van der Waals surface area contributed by atoms with Gasteiger partial charge in [-0.3, -0.25) is 0 Å². The number of fused-ring (bicyclic) bond motifs is 5. The second-order valence-electron chi connectivity index (χ2n) is 17.8. The fraction of sp³-hybridized carbons (Fsp3) is 0.0462. The molecular weight excluding hydrogens is 841 g/mol. The van der Waals surface area contributed by atoms with Crippen molar-refractivity contribution in [1.82, 2.24) is 4.57 Å². The van der Waals surface area contributed by atoms with Gasteiger partial charge in [-0.25, -0.2) is 0 Å². The Morgan fingerprint density at radius 2 is 1.06 bits per heavy atom. The van der Waals surface area contributed by atoms with Crippen molar-refractivity contribution >= 4 is 73.0 Å². The molecule has 68 heavy (non-hydrogen) atoms. The summed E-state index contributed by atoms with van der Waals surface area (Å²) in [5, 5.41) is 7.14. The van der Waals surface area contributed by atoms with E-state index >= 15 is 0 Å². The van der Waals surface area contributed by atoms with Gasteiger partial charge in [0.2, 0.25) is 0 Å². The van der Waals surface area contributed by atoms with Crippen LogP contribution in [0.15, 0.2) is 254 Å². The van der Waals surface area contributed by atoms with Crippen molar-refractivity contribution in [2.75, 3.05) is 4.90 Å². The van der Waals surface area contributed by atoms with Gasteiger partial charge in [0.1, 0.15) is 0 Å². The number of aryl methyl sites for hydroxylation is 1. The van der Waals surface area contributed by atoms with Crippen molar-refractivity contribution < 1.29 is 0 Å². The molecule has 12 rings (SSSR count). The Bertz CT molecular complexity index is 3780. The molecule has 12 aromatic rings. The molecule has 0 spiro atoms. The molecule has 1 heterocycles. The molecule has 0 aliphatic heterocycles. The quantitative estimate of drug-likeness (QED) is 0.135. The Morgan fingerprint density at radius 3 is 1.84 bits per heavy atom. The van der Waals surface area contributed by atoms with Crippen LogP contribution >= 0.6 is 12.6 Å². The summed E-state index contributed by atoms with van der Waals surface area (Å²) in [5.41, 5.74) is 16.6. The van der Waals surface area contributed by atoms with Gasteiger partial charge in [-0.15, -0.1) is 12.6 Å². The summed E-state index contributed by atoms with van der Waals surface area (Å²) in [7, 11) is 0. The fourth-order valence-corrected chi connectivity index (χ4v) is 11.0. The highest BCUT2D eigenvalue weighted by molar-refractivity contribution is 7.80. The number of hydrogen-bond acceptors (Lipinski definition) is 2. The topological polar surface area (TPSA) is 8.17 Å². The van der Waals surface area contributed by atoms with Gasteiger partial charge in [0.15, 0.2) is 0 Å². The van der Waals surface area contributed by atoms with Gasteiger partial charge < -0.3 is 9.47 Å². The van der Waals surface area contributed by atoms with Gasteiger partial charge in [0.25, 0.3) is 0 Å². The average Bonchev–Trinajstić information content (AvgIpc) is 3.73. The second-order valence-corrected chi connectivity index (χ2v) is 18.3. The molecule has 1 aromatic heterocycles. The van der Waals surface area contributed by atoms with E-state index in [4.69, 9.17) is 12.6 Å². The lowest BCUT2D eigenvalue weighted by Crippen LogP contribution is -2.12. The van der Waals surface area contributed by atoms with Crippen LogP contribution in [0.25, 0.3) is 71.3 Å². The molecule has 0 amide bonds. The molecule has 0 bridgehead atoms. The van der Waals surface area contributed by atoms with Crippen LogP contribution < -0.4 is 4.90 Å². The summed E-state index contributed by atoms with van der Waals surface area (Å²) in [4.78, 5) is 3.36. The van der Waals surface area contributed by atoms with Gasteiger partial charge in [-0.2, -0.15) is 0 Å². The minimum absolute atomic E-state index is 0.0861. The molecule has 0 radical (unpaired) electrons. The van der Waals surface area contributed by atoms with E-state index in [0.29, 0.717) is 0 Å². The Morgan fingerprint density at radius 1 is 0.456 bits per heavy atom. The second kappa shape index (κ2) is 17.6. The van der Waals surface area contributed by atoms with Crippen molar-refractivity contribution in [3.63, 3.8) is 0 Å². The van der Waals surface area contributed by atoms with Crippen molar-refractivity contribution in [2.45, 2.75) is 24.2 Å². The number of para-hydroxylation sites is 2. The first-order chi connectivity index (χ1) is 33.6. The van der Waals surface area contributed by atoms with Gasteiger partial charge in [-0.05, 0) is 117 Å². The number of anilines is 3. The smallest absolute Gasteiger partial charge is 0.0679 e. The lowest BCUT2D eigenvalue weighted by Gasteiger charge is -2.30. The zero-order chi connectivity index (χ0) is 45.6. The minimum Gasteiger partial charge on any atom is -0.309 e. The van der Waals surface area contributed by atoms with Crippen molar-refractivity contribution in [1.29, 1.82) is 0 Å². The highest BCUT2D eigenvalue weighted by Gasteiger charge is 2.27. The Kier molecular flexibility index (Phi) is 10.7. The molecule has 11 aromatic carbocycles. The first-order valence-electron chi connectivity index (χ1n) is 23.5. The van der Waals surface area contributed by atoms with Crippen LogP contribution in [0, 0.1) is 6.92 Å². The van der Waals surface area contributed by atoms with Crippen LogP contribution in [-0.4, -0.2) is 4.57 Å². The zero-order valence-corrected chi connectivity index (χ0v) is 38.7. The SMILES string of the molecule is Cc1cccc(C(Cc2ccc(-c3ccccc3)cc2)c2ccccc2)c1-c1cc2ccccc2c(N(c2ccccc2)c2ccc3c(c2)c2ccccc2n3-c2cccc3ccccc23)c1S. The first kappa shape index (κ1) is 41.3. The monoisotopic (exact) mass is 888 g/mol. The molecule has 0 aliphatic carbocycles. The molecule has 1 unspecified atom stereocenters. The third kappa shape index (κ3) is 7.33. The highest BCUT2D eigenvalue weighted by atomic mass is 32.1. The predicted octanol–water partition coefficient (Wildman–Crippen LogP) is 17.9. The summed E-state index contributed by atoms with van der Waals surface area (Å²) in [6.45, 7) is 2.26. The third-order valence-electron chi connectivity index (χ3n) is 13.8. The molecule has 0 N–H and O–H groups in total. The van der Waals surface area contributed by atoms with Crippen LogP contribution in [0.2, 0.25) is 0 Å². The maximum Gasteiger partial charge on any atom is 0.0679 e. The number of rotatable bonds is 10. The van der Waals surface area contributed by atoms with Gasteiger partial charge in [0, 0.05) is 43.7 Å². The van der Waals surface area contributed by atoms with E-state index < -0.39 is 0 Å². The number of nitrogens with zero attached hydrogens (tertiary/aromatic N) is 2. The summed E-state index contributed by atoms with van der Waals surface area (Å²) >= 11 is 5.71. The van der Waals surface area contributed by atoms with E-state index in [0.717, 1.165) is 50.2 Å². The lowest BCUT2D eigenvalue weighted by molar-refractivity contribution is 0.806. The number of thiol groups is 1. The van der Waals surface area contributed by atoms with Crippen LogP contribution in [0.1, 0.15) is 28.2 Å². The lowest BCUT2D eigenvalue weighted by atomic mass is 9.80. The van der Waals surface area contributed by atoms with E-state index in [9.17, 15) is 0 Å². The van der Waals surface area contributed by atoms with Crippen molar-refractivity contribution in [3.05, 3.63) is 271 Å². The molecule has 1 atom stereocenters. The van der Waals surface area contributed by atoms with Crippen LogP contribution in [0.3, 0.4) is 0 Å². The first-order valence-corrected chi connectivity index (χ1v) is 23.9. The molecule has 2 nitrogen and oxygen atoms in total. The number of aromatic nitrogens is 1. The molecule has 3 heteroatoms. The molecule has 0 saturated carbocycles. The summed E-state index contributed by atoms with van der Waals surface area (Å²) in [6.07, 6.45) is 0.848. The van der Waals surface area contributed by atoms with Crippen LogP contribution in [0.4, 0.5) is 17.1 Å². The maximum absolute atomic E-state index is 5.71. The average molecular weight is 889 g/mol. The number of hydrogen-bond donors (Lipinski definition) is 1. The van der Waals surface area contributed by atoms with Crippen LogP contribution in [-0.2, 0) is 6.42 Å². The largest absolute Gasteiger partial charge is 0.309 e. The number of benzene rings is 11. The highest BCUT2D eigenvalue weighted by Crippen LogP contribution is 2.50. The zero-order valence-electron chi connectivity index (χ0n) is 37.8. The molecule has 324 valence electrons. The fourth-order valence-electron chi connectivity index (χ4n) is 10.6. The Hall–Kier alpha value is -8.11. The molecular formula is C65H48N2S. The summed E-state index contributed by atoms with van der Waals surface area (Å²) in [5.74, 6) is 0.0861.